The molecule has 3 nitrogen and oxygen atoms in total. The first-order chi connectivity index (χ1) is 9.68. The smallest absolute Gasteiger partial charge is 0.326 e. The molecule has 2 aliphatic rings. The molecular weight excluding hydrogens is 262 g/mol. The average molecular weight is 295 g/mol. The Bertz CT molecular complexity index is 365. The summed E-state index contributed by atoms with van der Waals surface area (Å²) in [6.07, 6.45) is 9.20. The van der Waals surface area contributed by atoms with E-state index in [0.29, 0.717) is 6.04 Å². The molecule has 3 heteroatoms. The van der Waals surface area contributed by atoms with Gasteiger partial charge in [-0.25, -0.2) is 0 Å². The summed E-state index contributed by atoms with van der Waals surface area (Å²) in [5, 5.41) is 3.76. The summed E-state index contributed by atoms with van der Waals surface area (Å²) in [5.41, 5.74) is -0.169. The van der Waals surface area contributed by atoms with Gasteiger partial charge in [0.2, 0.25) is 0 Å². The first-order valence-corrected chi connectivity index (χ1v) is 8.54. The van der Waals surface area contributed by atoms with Crippen LogP contribution in [0.3, 0.4) is 0 Å². The number of carbonyl (C=O) groups is 1. The first-order valence-electron chi connectivity index (χ1n) is 8.54. The third kappa shape index (κ3) is 4.00. The number of methoxy groups -OCH3 is 1. The zero-order chi connectivity index (χ0) is 15.7. The molecule has 2 aliphatic carbocycles. The average Bonchev–Trinajstić information content (AvgIpc) is 2.35. The second kappa shape index (κ2) is 5.91. The van der Waals surface area contributed by atoms with Gasteiger partial charge in [-0.1, -0.05) is 47.0 Å². The van der Waals surface area contributed by atoms with Crippen LogP contribution < -0.4 is 5.32 Å². The van der Waals surface area contributed by atoms with E-state index in [2.05, 4.69) is 33.0 Å². The minimum absolute atomic E-state index is 0.0612. The number of hydrogen-bond donors (Lipinski definition) is 1. The maximum atomic E-state index is 12.7. The van der Waals surface area contributed by atoms with Crippen LogP contribution in [0, 0.1) is 10.8 Å². The minimum atomic E-state index is -0.498. The van der Waals surface area contributed by atoms with Crippen LogP contribution in [-0.2, 0) is 9.53 Å². The van der Waals surface area contributed by atoms with Crippen LogP contribution >= 0.6 is 0 Å². The number of ether oxygens (including phenoxy) is 1. The van der Waals surface area contributed by atoms with E-state index < -0.39 is 5.54 Å². The SMILES string of the molecule is COC(=O)C1(NC2CCCCC2)CC(C)(C)CC(C)(C)C1. The predicted octanol–water partition coefficient (Wildman–Crippen LogP) is 4.06. The fraction of sp³-hybridized carbons (Fsp3) is 0.944. The number of carbonyl (C=O) groups excluding carboxylic acids is 1. The van der Waals surface area contributed by atoms with E-state index in [1.54, 1.807) is 0 Å². The molecule has 0 aromatic heterocycles. The van der Waals surface area contributed by atoms with Crippen molar-refractivity contribution in [3.63, 3.8) is 0 Å². The van der Waals surface area contributed by atoms with E-state index in [0.717, 1.165) is 19.3 Å². The third-order valence-corrected chi connectivity index (χ3v) is 5.18. The third-order valence-electron chi connectivity index (χ3n) is 5.18. The summed E-state index contributed by atoms with van der Waals surface area (Å²) in [7, 11) is 1.53. The van der Waals surface area contributed by atoms with Gasteiger partial charge < -0.3 is 4.74 Å². The number of nitrogens with one attached hydrogen (secondary N) is 1. The van der Waals surface area contributed by atoms with E-state index in [1.807, 2.05) is 0 Å². The lowest BCUT2D eigenvalue weighted by molar-refractivity contribution is -0.156. The molecule has 0 atom stereocenters. The fourth-order valence-corrected chi connectivity index (χ4v) is 5.26. The maximum absolute atomic E-state index is 12.7. The zero-order valence-electron chi connectivity index (χ0n) is 14.6. The molecule has 0 heterocycles. The Balaban J connectivity index is 2.25. The van der Waals surface area contributed by atoms with Crippen molar-refractivity contribution in [3.05, 3.63) is 0 Å². The fourth-order valence-electron chi connectivity index (χ4n) is 5.26. The largest absolute Gasteiger partial charge is 0.468 e. The highest BCUT2D eigenvalue weighted by Gasteiger charge is 2.53. The Morgan fingerprint density at radius 1 is 0.952 bits per heavy atom. The van der Waals surface area contributed by atoms with E-state index >= 15 is 0 Å². The normalized spacial score (nSPS) is 28.0. The van der Waals surface area contributed by atoms with Crippen LogP contribution in [0.5, 0.6) is 0 Å². The van der Waals surface area contributed by atoms with Gasteiger partial charge in [0.25, 0.3) is 0 Å². The first kappa shape index (κ1) is 16.8. The van der Waals surface area contributed by atoms with Crippen molar-refractivity contribution in [2.45, 2.75) is 90.6 Å². The highest BCUT2D eigenvalue weighted by Crippen LogP contribution is 2.50. The van der Waals surface area contributed by atoms with Crippen LogP contribution in [0.15, 0.2) is 0 Å². The van der Waals surface area contributed by atoms with Gasteiger partial charge in [0.15, 0.2) is 0 Å². The molecule has 21 heavy (non-hydrogen) atoms. The Morgan fingerprint density at radius 3 is 1.95 bits per heavy atom. The number of hydrogen-bond acceptors (Lipinski definition) is 3. The molecule has 1 N–H and O–H groups in total. The van der Waals surface area contributed by atoms with Gasteiger partial charge in [-0.3, -0.25) is 10.1 Å². The van der Waals surface area contributed by atoms with Crippen molar-refractivity contribution in [2.75, 3.05) is 7.11 Å². The topological polar surface area (TPSA) is 38.3 Å². The van der Waals surface area contributed by atoms with E-state index in [1.165, 1.54) is 39.2 Å². The molecule has 0 amide bonds. The highest BCUT2D eigenvalue weighted by atomic mass is 16.5. The second-order valence-corrected chi connectivity index (χ2v) is 8.91. The van der Waals surface area contributed by atoms with Crippen molar-refractivity contribution in [1.82, 2.24) is 5.32 Å². The van der Waals surface area contributed by atoms with Gasteiger partial charge in [0, 0.05) is 6.04 Å². The van der Waals surface area contributed by atoms with Gasteiger partial charge in [-0.15, -0.1) is 0 Å². The molecule has 0 spiro atoms. The predicted molar refractivity (Wildman–Crippen MR) is 86.2 cm³/mol. The molecule has 0 saturated heterocycles. The zero-order valence-corrected chi connectivity index (χ0v) is 14.6. The maximum Gasteiger partial charge on any atom is 0.326 e. The summed E-state index contributed by atoms with van der Waals surface area (Å²) in [4.78, 5) is 12.7. The van der Waals surface area contributed by atoms with E-state index in [-0.39, 0.29) is 16.8 Å². The van der Waals surface area contributed by atoms with Gasteiger partial charge in [-0.2, -0.15) is 0 Å². The molecule has 122 valence electrons. The van der Waals surface area contributed by atoms with Crippen molar-refractivity contribution in [3.8, 4) is 0 Å². The molecular formula is C18H33NO2. The molecule has 0 unspecified atom stereocenters. The summed E-state index contributed by atoms with van der Waals surface area (Å²) in [5.74, 6) is -0.0612. The number of rotatable bonds is 3. The van der Waals surface area contributed by atoms with Crippen molar-refractivity contribution < 1.29 is 9.53 Å². The monoisotopic (exact) mass is 295 g/mol. The second-order valence-electron chi connectivity index (χ2n) is 8.91. The van der Waals surface area contributed by atoms with E-state index in [4.69, 9.17) is 4.74 Å². The van der Waals surface area contributed by atoms with Crippen LogP contribution in [0.1, 0.15) is 79.1 Å². The van der Waals surface area contributed by atoms with Crippen LogP contribution in [-0.4, -0.2) is 24.7 Å². The Labute approximate surface area is 130 Å². The van der Waals surface area contributed by atoms with Crippen LogP contribution in [0.2, 0.25) is 0 Å². The molecule has 2 saturated carbocycles. The molecule has 0 radical (unpaired) electrons. The Morgan fingerprint density at radius 2 is 1.48 bits per heavy atom. The lowest BCUT2D eigenvalue weighted by atomic mass is 9.58. The minimum Gasteiger partial charge on any atom is -0.468 e. The van der Waals surface area contributed by atoms with Gasteiger partial charge in [-0.05, 0) is 42.9 Å². The lowest BCUT2D eigenvalue weighted by Gasteiger charge is -2.52. The van der Waals surface area contributed by atoms with Crippen LogP contribution in [0.25, 0.3) is 0 Å². The Kier molecular flexibility index (Phi) is 4.72. The number of esters is 1. The quantitative estimate of drug-likeness (QED) is 0.798. The molecule has 0 aromatic rings. The Hall–Kier alpha value is -0.570. The summed E-state index contributed by atoms with van der Waals surface area (Å²) in [6, 6.07) is 0.475. The molecule has 0 aromatic carbocycles. The van der Waals surface area contributed by atoms with Gasteiger partial charge in [0.1, 0.15) is 5.54 Å². The summed E-state index contributed by atoms with van der Waals surface area (Å²) < 4.78 is 5.22. The van der Waals surface area contributed by atoms with Crippen molar-refractivity contribution in [2.24, 2.45) is 10.8 Å². The van der Waals surface area contributed by atoms with Gasteiger partial charge >= 0.3 is 5.97 Å². The highest BCUT2D eigenvalue weighted by molar-refractivity contribution is 5.81. The van der Waals surface area contributed by atoms with Gasteiger partial charge in [0.05, 0.1) is 7.11 Å². The van der Waals surface area contributed by atoms with Crippen molar-refractivity contribution >= 4 is 5.97 Å². The summed E-state index contributed by atoms with van der Waals surface area (Å²) >= 11 is 0. The van der Waals surface area contributed by atoms with Crippen molar-refractivity contribution in [1.29, 1.82) is 0 Å². The molecule has 0 bridgehead atoms. The summed E-state index contributed by atoms with van der Waals surface area (Å²) in [6.45, 7) is 9.14. The molecule has 2 rings (SSSR count). The standard InChI is InChI=1S/C18H33NO2/c1-16(2)11-17(3,4)13-18(12-16,15(20)21-5)19-14-9-7-6-8-10-14/h14,19H,6-13H2,1-5H3. The molecule has 0 aliphatic heterocycles. The van der Waals surface area contributed by atoms with Crippen LogP contribution in [0.4, 0.5) is 0 Å². The molecule has 2 fully saturated rings. The lowest BCUT2D eigenvalue weighted by Crippen LogP contribution is -2.62. The van der Waals surface area contributed by atoms with E-state index in [9.17, 15) is 4.79 Å².